The number of aryl methyl sites for hydroxylation is 1. The van der Waals surface area contributed by atoms with Crippen LogP contribution in [0.5, 0.6) is 5.75 Å². The van der Waals surface area contributed by atoms with Crippen molar-refractivity contribution in [3.05, 3.63) is 89.4 Å². The first kappa shape index (κ1) is 14.8. The number of hydrogen-bond donors (Lipinski definition) is 0. The molecule has 0 radical (unpaired) electrons. The normalized spacial score (nSPS) is 10.3. The van der Waals surface area contributed by atoms with Crippen molar-refractivity contribution in [2.75, 3.05) is 0 Å². The summed E-state index contributed by atoms with van der Waals surface area (Å²) in [5.41, 5.74) is 1.87. The summed E-state index contributed by atoms with van der Waals surface area (Å²) in [6.45, 7) is 1.78. The molecule has 0 spiro atoms. The predicted octanol–water partition coefficient (Wildman–Crippen LogP) is 4.04. The molecule has 114 valence electrons. The van der Waals surface area contributed by atoms with E-state index in [0.717, 1.165) is 0 Å². The Balaban J connectivity index is 1.81. The highest BCUT2D eigenvalue weighted by Crippen LogP contribution is 2.22. The van der Waals surface area contributed by atoms with E-state index in [1.807, 2.05) is 18.2 Å². The maximum Gasteiger partial charge on any atom is 0.379 e. The van der Waals surface area contributed by atoms with Crippen LogP contribution in [0.3, 0.4) is 0 Å². The zero-order valence-corrected chi connectivity index (χ0v) is 12.5. The molecule has 4 nitrogen and oxygen atoms in total. The average Bonchev–Trinajstić information content (AvgIpc) is 3.11. The van der Waals surface area contributed by atoms with Gasteiger partial charge in [0.15, 0.2) is 5.78 Å². The lowest BCUT2D eigenvalue weighted by Gasteiger charge is -2.08. The Labute approximate surface area is 133 Å². The first-order valence-corrected chi connectivity index (χ1v) is 7.11. The van der Waals surface area contributed by atoms with Gasteiger partial charge in [0.05, 0.1) is 6.26 Å². The highest BCUT2D eigenvalue weighted by Gasteiger charge is 2.15. The van der Waals surface area contributed by atoms with E-state index in [9.17, 15) is 9.59 Å². The van der Waals surface area contributed by atoms with Gasteiger partial charge in [-0.3, -0.25) is 4.79 Å². The zero-order chi connectivity index (χ0) is 16.2. The maximum absolute atomic E-state index is 12.4. The molecule has 0 saturated carbocycles. The Bertz CT molecular complexity index is 833. The molecule has 2 aromatic carbocycles. The van der Waals surface area contributed by atoms with Crippen LogP contribution in [0.1, 0.15) is 32.0 Å². The standard InChI is InChI=1S/C19H14O4/c1-13-12-15(18(20)14-6-3-2-4-7-14)9-10-16(13)23-19(21)17-8-5-11-22-17/h2-12H,1H3. The fourth-order valence-corrected chi connectivity index (χ4v) is 2.21. The van der Waals surface area contributed by atoms with Crippen molar-refractivity contribution in [1.29, 1.82) is 0 Å². The van der Waals surface area contributed by atoms with E-state index in [4.69, 9.17) is 9.15 Å². The van der Waals surface area contributed by atoms with Gasteiger partial charge in [0.2, 0.25) is 5.76 Å². The number of ketones is 1. The molecule has 0 fully saturated rings. The van der Waals surface area contributed by atoms with Crippen LogP contribution in [0, 0.1) is 6.92 Å². The third-order valence-corrected chi connectivity index (χ3v) is 3.40. The minimum Gasteiger partial charge on any atom is -0.457 e. The summed E-state index contributed by atoms with van der Waals surface area (Å²) in [4.78, 5) is 24.3. The van der Waals surface area contributed by atoms with Crippen molar-refractivity contribution in [2.45, 2.75) is 6.92 Å². The number of esters is 1. The van der Waals surface area contributed by atoms with Gasteiger partial charge in [-0.2, -0.15) is 0 Å². The van der Waals surface area contributed by atoms with E-state index >= 15 is 0 Å². The van der Waals surface area contributed by atoms with Crippen LogP contribution in [0.15, 0.2) is 71.3 Å². The molecule has 0 unspecified atom stereocenters. The minimum absolute atomic E-state index is 0.0717. The van der Waals surface area contributed by atoms with Gasteiger partial charge in [-0.05, 0) is 42.8 Å². The highest BCUT2D eigenvalue weighted by atomic mass is 16.5. The average molecular weight is 306 g/mol. The molecule has 0 bridgehead atoms. The molecule has 0 aliphatic carbocycles. The van der Waals surface area contributed by atoms with Gasteiger partial charge in [-0.25, -0.2) is 4.79 Å². The summed E-state index contributed by atoms with van der Waals surface area (Å²) in [7, 11) is 0. The van der Waals surface area contributed by atoms with Crippen molar-refractivity contribution in [3.8, 4) is 5.75 Å². The Hall–Kier alpha value is -3.14. The third kappa shape index (κ3) is 3.21. The van der Waals surface area contributed by atoms with Crippen LogP contribution in [0.2, 0.25) is 0 Å². The second-order valence-electron chi connectivity index (χ2n) is 5.04. The Morgan fingerprint density at radius 1 is 0.913 bits per heavy atom. The van der Waals surface area contributed by atoms with Crippen LogP contribution in [0.25, 0.3) is 0 Å². The monoisotopic (exact) mass is 306 g/mol. The van der Waals surface area contributed by atoms with E-state index in [1.54, 1.807) is 43.3 Å². The van der Waals surface area contributed by atoms with E-state index in [1.165, 1.54) is 12.3 Å². The quantitative estimate of drug-likeness (QED) is 0.415. The van der Waals surface area contributed by atoms with Crippen molar-refractivity contribution < 1.29 is 18.7 Å². The number of hydrogen-bond acceptors (Lipinski definition) is 4. The van der Waals surface area contributed by atoms with Crippen LogP contribution >= 0.6 is 0 Å². The molecule has 0 aliphatic heterocycles. The SMILES string of the molecule is Cc1cc(C(=O)c2ccccc2)ccc1OC(=O)c1ccco1. The Kier molecular flexibility index (Phi) is 4.06. The maximum atomic E-state index is 12.4. The highest BCUT2D eigenvalue weighted by molar-refractivity contribution is 6.09. The fourth-order valence-electron chi connectivity index (χ4n) is 2.21. The van der Waals surface area contributed by atoms with Gasteiger partial charge in [-0.1, -0.05) is 30.3 Å². The first-order chi connectivity index (χ1) is 11.1. The number of carbonyl (C=O) groups is 2. The van der Waals surface area contributed by atoms with Gasteiger partial charge in [0.25, 0.3) is 0 Å². The number of benzene rings is 2. The molecule has 0 N–H and O–H groups in total. The van der Waals surface area contributed by atoms with Gasteiger partial charge < -0.3 is 9.15 Å². The van der Waals surface area contributed by atoms with Gasteiger partial charge in [-0.15, -0.1) is 0 Å². The lowest BCUT2D eigenvalue weighted by Crippen LogP contribution is -2.09. The Morgan fingerprint density at radius 3 is 2.35 bits per heavy atom. The Morgan fingerprint density at radius 2 is 1.70 bits per heavy atom. The summed E-state index contributed by atoms with van der Waals surface area (Å²) >= 11 is 0. The molecular weight excluding hydrogens is 292 g/mol. The molecule has 4 heteroatoms. The number of carbonyl (C=O) groups excluding carboxylic acids is 2. The van der Waals surface area contributed by atoms with Crippen LogP contribution in [-0.4, -0.2) is 11.8 Å². The second-order valence-corrected chi connectivity index (χ2v) is 5.04. The van der Waals surface area contributed by atoms with Crippen LogP contribution < -0.4 is 4.74 Å². The van der Waals surface area contributed by atoms with E-state index in [2.05, 4.69) is 0 Å². The predicted molar refractivity (Wildman–Crippen MR) is 84.7 cm³/mol. The molecule has 0 saturated heterocycles. The summed E-state index contributed by atoms with van der Waals surface area (Å²) in [5, 5.41) is 0. The summed E-state index contributed by atoms with van der Waals surface area (Å²) in [5.74, 6) is -0.109. The van der Waals surface area contributed by atoms with E-state index in [0.29, 0.717) is 22.4 Å². The molecule has 0 aliphatic rings. The van der Waals surface area contributed by atoms with Crippen molar-refractivity contribution >= 4 is 11.8 Å². The van der Waals surface area contributed by atoms with Gasteiger partial charge in [0.1, 0.15) is 5.75 Å². The van der Waals surface area contributed by atoms with Crippen molar-refractivity contribution in [3.63, 3.8) is 0 Å². The summed E-state index contributed by atoms with van der Waals surface area (Å²) in [6, 6.07) is 17.2. The molecule has 1 aromatic heterocycles. The van der Waals surface area contributed by atoms with E-state index in [-0.39, 0.29) is 11.5 Å². The first-order valence-electron chi connectivity index (χ1n) is 7.11. The second kappa shape index (κ2) is 6.32. The number of ether oxygens (including phenoxy) is 1. The molecule has 0 amide bonds. The number of furan rings is 1. The molecule has 3 rings (SSSR count). The van der Waals surface area contributed by atoms with Crippen molar-refractivity contribution in [1.82, 2.24) is 0 Å². The third-order valence-electron chi connectivity index (χ3n) is 3.40. The smallest absolute Gasteiger partial charge is 0.379 e. The fraction of sp³-hybridized carbons (Fsp3) is 0.0526. The summed E-state index contributed by atoms with van der Waals surface area (Å²) in [6.07, 6.45) is 1.41. The van der Waals surface area contributed by atoms with Crippen LogP contribution in [0.4, 0.5) is 0 Å². The van der Waals surface area contributed by atoms with Crippen LogP contribution in [-0.2, 0) is 0 Å². The zero-order valence-electron chi connectivity index (χ0n) is 12.5. The molecule has 23 heavy (non-hydrogen) atoms. The van der Waals surface area contributed by atoms with Crippen molar-refractivity contribution in [2.24, 2.45) is 0 Å². The largest absolute Gasteiger partial charge is 0.457 e. The van der Waals surface area contributed by atoms with Gasteiger partial charge >= 0.3 is 5.97 Å². The van der Waals surface area contributed by atoms with E-state index < -0.39 is 5.97 Å². The topological polar surface area (TPSA) is 56.5 Å². The molecule has 3 aromatic rings. The molecular formula is C19H14O4. The molecule has 1 heterocycles. The summed E-state index contributed by atoms with van der Waals surface area (Å²) < 4.78 is 10.3. The number of rotatable bonds is 4. The minimum atomic E-state index is -0.569. The molecule has 0 atom stereocenters. The lowest BCUT2D eigenvalue weighted by atomic mass is 10.0. The van der Waals surface area contributed by atoms with Gasteiger partial charge in [0, 0.05) is 11.1 Å². The lowest BCUT2D eigenvalue weighted by molar-refractivity contribution is 0.0700.